The smallest absolute Gasteiger partial charge is 0.344 e. The summed E-state index contributed by atoms with van der Waals surface area (Å²) in [6.45, 7) is 7.99. The lowest BCUT2D eigenvalue weighted by Crippen LogP contribution is -2.46. The molecule has 1 atom stereocenters. The van der Waals surface area contributed by atoms with Gasteiger partial charge in [0.05, 0.1) is 18.3 Å². The summed E-state index contributed by atoms with van der Waals surface area (Å²) >= 11 is 0. The average Bonchev–Trinajstić information content (AvgIpc) is 2.88. The number of amides is 1. The summed E-state index contributed by atoms with van der Waals surface area (Å²) in [5, 5.41) is 7.08. The summed E-state index contributed by atoms with van der Waals surface area (Å²) in [6, 6.07) is 24.0. The Morgan fingerprint density at radius 1 is 0.861 bits per heavy atom. The predicted octanol–water partition coefficient (Wildman–Crippen LogP) is 4.37. The lowest BCUT2D eigenvalue weighted by atomic mass is 10.0. The molecule has 4 rings (SSSR count). The Bertz CT molecular complexity index is 1470. The van der Waals surface area contributed by atoms with E-state index in [4.69, 9.17) is 0 Å². The molecule has 7 heteroatoms. The number of aryl methyl sites for hydroxylation is 1. The summed E-state index contributed by atoms with van der Waals surface area (Å²) in [6.07, 6.45) is 0. The van der Waals surface area contributed by atoms with Gasteiger partial charge in [-0.1, -0.05) is 86.1 Å². The molecule has 0 aliphatic rings. The molecule has 1 aromatic heterocycles. The molecule has 1 N–H and O–H groups in total. The molecule has 4 aromatic rings. The molecule has 1 heterocycles. The zero-order valence-electron chi connectivity index (χ0n) is 20.9. The number of aromatic nitrogens is 3. The molecule has 184 valence electrons. The molecule has 1 amide bonds. The van der Waals surface area contributed by atoms with E-state index in [0.29, 0.717) is 11.6 Å². The van der Waals surface area contributed by atoms with Crippen LogP contribution < -0.4 is 16.6 Å². The van der Waals surface area contributed by atoms with Gasteiger partial charge in [0.15, 0.2) is 0 Å². The van der Waals surface area contributed by atoms with Crippen LogP contribution in [0.3, 0.4) is 0 Å². The number of benzene rings is 3. The molecule has 0 saturated carbocycles. The SMILES string of the molecule is Cc1ccc(Cn2c(=O)c(C(=O)N[C@H](C)c3ccccc3)nn(-c3ccc(C(C)C)cc3)c2=O)cc1. The first-order valence-corrected chi connectivity index (χ1v) is 12.0. The monoisotopic (exact) mass is 482 g/mol. The van der Waals surface area contributed by atoms with Crippen LogP contribution in [0, 0.1) is 6.92 Å². The Labute approximate surface area is 210 Å². The minimum absolute atomic E-state index is 0.0268. The third-order valence-corrected chi connectivity index (χ3v) is 6.19. The van der Waals surface area contributed by atoms with Gasteiger partial charge in [-0.25, -0.2) is 4.79 Å². The molecule has 0 aliphatic carbocycles. The van der Waals surface area contributed by atoms with E-state index in [9.17, 15) is 14.4 Å². The van der Waals surface area contributed by atoms with Gasteiger partial charge in [0.1, 0.15) is 0 Å². The second kappa shape index (κ2) is 10.6. The molecule has 0 unspecified atom stereocenters. The topological polar surface area (TPSA) is 86.0 Å². The fourth-order valence-corrected chi connectivity index (χ4v) is 3.93. The van der Waals surface area contributed by atoms with Crippen LogP contribution in [0.4, 0.5) is 0 Å². The van der Waals surface area contributed by atoms with Crippen molar-refractivity contribution in [1.82, 2.24) is 19.7 Å². The van der Waals surface area contributed by atoms with Gasteiger partial charge in [-0.2, -0.15) is 9.78 Å². The van der Waals surface area contributed by atoms with Crippen molar-refractivity contribution < 1.29 is 4.79 Å². The van der Waals surface area contributed by atoms with Crippen molar-refractivity contribution in [3.8, 4) is 5.69 Å². The number of hydrogen-bond acceptors (Lipinski definition) is 4. The van der Waals surface area contributed by atoms with E-state index in [1.54, 1.807) is 12.1 Å². The van der Waals surface area contributed by atoms with Crippen molar-refractivity contribution in [3.63, 3.8) is 0 Å². The van der Waals surface area contributed by atoms with Crippen molar-refractivity contribution in [2.24, 2.45) is 0 Å². The van der Waals surface area contributed by atoms with E-state index in [0.717, 1.165) is 31.5 Å². The number of nitrogens with zero attached hydrogens (tertiary/aromatic N) is 3. The van der Waals surface area contributed by atoms with Crippen LogP contribution in [0.1, 0.15) is 65.5 Å². The first-order chi connectivity index (χ1) is 17.2. The minimum Gasteiger partial charge on any atom is -0.344 e. The van der Waals surface area contributed by atoms with E-state index in [2.05, 4.69) is 24.3 Å². The Hall–Kier alpha value is -4.26. The Kier molecular flexibility index (Phi) is 7.29. The van der Waals surface area contributed by atoms with Crippen LogP contribution in [0.25, 0.3) is 5.69 Å². The van der Waals surface area contributed by atoms with E-state index in [-0.39, 0.29) is 18.3 Å². The fourth-order valence-electron chi connectivity index (χ4n) is 3.93. The fraction of sp³-hybridized carbons (Fsp3) is 0.241. The van der Waals surface area contributed by atoms with E-state index in [1.807, 2.05) is 80.6 Å². The summed E-state index contributed by atoms with van der Waals surface area (Å²) in [7, 11) is 0. The largest absolute Gasteiger partial charge is 0.352 e. The van der Waals surface area contributed by atoms with Crippen LogP contribution in [0.2, 0.25) is 0 Å². The number of hydrogen-bond donors (Lipinski definition) is 1. The van der Waals surface area contributed by atoms with E-state index in [1.165, 1.54) is 0 Å². The summed E-state index contributed by atoms with van der Waals surface area (Å²) in [5.41, 5.74) is 2.65. The van der Waals surface area contributed by atoms with Crippen LogP contribution >= 0.6 is 0 Å². The first-order valence-electron chi connectivity index (χ1n) is 12.0. The van der Waals surface area contributed by atoms with Gasteiger partial charge in [-0.3, -0.25) is 14.2 Å². The maximum Gasteiger partial charge on any atom is 0.352 e. The lowest BCUT2D eigenvalue weighted by molar-refractivity contribution is 0.0930. The minimum atomic E-state index is -0.728. The number of nitrogens with one attached hydrogen (secondary N) is 1. The zero-order valence-corrected chi connectivity index (χ0v) is 20.9. The summed E-state index contributed by atoms with van der Waals surface area (Å²) in [5.74, 6) is -0.318. The Morgan fingerprint density at radius 2 is 1.50 bits per heavy atom. The lowest BCUT2D eigenvalue weighted by Gasteiger charge is -2.16. The Morgan fingerprint density at radius 3 is 2.11 bits per heavy atom. The highest BCUT2D eigenvalue weighted by molar-refractivity contribution is 5.92. The second-order valence-corrected chi connectivity index (χ2v) is 9.27. The van der Waals surface area contributed by atoms with Gasteiger partial charge >= 0.3 is 5.69 Å². The molecule has 3 aromatic carbocycles. The van der Waals surface area contributed by atoms with Crippen LogP contribution in [0.15, 0.2) is 88.5 Å². The van der Waals surface area contributed by atoms with Crippen LogP contribution in [0.5, 0.6) is 0 Å². The highest BCUT2D eigenvalue weighted by atomic mass is 16.2. The molecular weight excluding hydrogens is 452 g/mol. The van der Waals surface area contributed by atoms with Crippen LogP contribution in [-0.4, -0.2) is 20.3 Å². The van der Waals surface area contributed by atoms with Gasteiger partial charge in [-0.05, 0) is 48.6 Å². The highest BCUT2D eigenvalue weighted by Gasteiger charge is 2.22. The van der Waals surface area contributed by atoms with Gasteiger partial charge in [0.2, 0.25) is 5.69 Å². The third-order valence-electron chi connectivity index (χ3n) is 6.19. The third kappa shape index (κ3) is 5.35. The van der Waals surface area contributed by atoms with Gasteiger partial charge < -0.3 is 5.32 Å². The standard InChI is InChI=1S/C29H30N4O3/c1-19(2)23-14-16-25(17-15-23)33-29(36)32(18-22-12-10-20(3)11-13-22)28(35)26(31-33)27(34)30-21(4)24-8-6-5-7-9-24/h5-17,19,21H,18H2,1-4H3,(H,30,34)/t21-/m1/s1. The molecule has 0 aliphatic heterocycles. The van der Waals surface area contributed by atoms with E-state index < -0.39 is 17.2 Å². The molecule has 0 fully saturated rings. The normalized spacial score (nSPS) is 11.9. The van der Waals surface area contributed by atoms with Gasteiger partial charge in [0, 0.05) is 0 Å². The Balaban J connectivity index is 1.80. The molecule has 0 saturated heterocycles. The average molecular weight is 483 g/mol. The number of carbonyl (C=O) groups excluding carboxylic acids is 1. The zero-order chi connectivity index (χ0) is 25.8. The highest BCUT2D eigenvalue weighted by Crippen LogP contribution is 2.16. The number of rotatable bonds is 7. The summed E-state index contributed by atoms with van der Waals surface area (Å²) < 4.78 is 2.19. The van der Waals surface area contributed by atoms with E-state index >= 15 is 0 Å². The predicted molar refractivity (Wildman–Crippen MR) is 141 cm³/mol. The first kappa shape index (κ1) is 24.9. The molecule has 0 bridgehead atoms. The maximum atomic E-state index is 13.4. The molecule has 0 spiro atoms. The van der Waals surface area contributed by atoms with Crippen molar-refractivity contribution in [2.75, 3.05) is 0 Å². The molecule has 36 heavy (non-hydrogen) atoms. The molecule has 7 nitrogen and oxygen atoms in total. The van der Waals surface area contributed by atoms with Crippen LogP contribution in [-0.2, 0) is 6.54 Å². The van der Waals surface area contributed by atoms with Crippen molar-refractivity contribution >= 4 is 5.91 Å². The van der Waals surface area contributed by atoms with Crippen molar-refractivity contribution in [1.29, 1.82) is 0 Å². The summed E-state index contributed by atoms with van der Waals surface area (Å²) in [4.78, 5) is 40.0. The molecular formula is C29H30N4O3. The quantitative estimate of drug-likeness (QED) is 0.424. The molecule has 0 radical (unpaired) electrons. The van der Waals surface area contributed by atoms with Crippen molar-refractivity contribution in [2.45, 2.75) is 46.2 Å². The second-order valence-electron chi connectivity index (χ2n) is 9.27. The maximum absolute atomic E-state index is 13.4. The van der Waals surface area contributed by atoms with Crippen molar-refractivity contribution in [3.05, 3.63) is 128 Å². The van der Waals surface area contributed by atoms with Gasteiger partial charge in [0.25, 0.3) is 11.5 Å². The van der Waals surface area contributed by atoms with Gasteiger partial charge in [-0.15, -0.1) is 0 Å². The number of carbonyl (C=O) groups is 1.